The van der Waals surface area contributed by atoms with Gasteiger partial charge in [0.25, 0.3) is 0 Å². The summed E-state index contributed by atoms with van der Waals surface area (Å²) in [5, 5.41) is 14.2. The van der Waals surface area contributed by atoms with Crippen molar-refractivity contribution in [1.82, 2.24) is 14.9 Å². The van der Waals surface area contributed by atoms with Crippen molar-refractivity contribution in [2.24, 2.45) is 11.8 Å². The van der Waals surface area contributed by atoms with Gasteiger partial charge in [0.05, 0.1) is 0 Å². The summed E-state index contributed by atoms with van der Waals surface area (Å²) in [7, 11) is 0. The first-order valence-electron chi connectivity index (χ1n) is 10.1. The second-order valence-corrected chi connectivity index (χ2v) is 7.49. The molecule has 0 spiro atoms. The van der Waals surface area contributed by atoms with Crippen molar-refractivity contribution in [2.75, 3.05) is 37.6 Å². The van der Waals surface area contributed by atoms with Gasteiger partial charge in [0.15, 0.2) is 0 Å². The molecular weight excluding hydrogens is 462 g/mol. The fourth-order valence-corrected chi connectivity index (χ4v) is 3.17. The molecule has 1 aromatic heterocycles. The van der Waals surface area contributed by atoms with Crippen LogP contribution in [0.25, 0.3) is 0 Å². The van der Waals surface area contributed by atoms with Crippen LogP contribution in [-0.4, -0.2) is 82.1 Å². The van der Waals surface area contributed by atoms with E-state index in [1.807, 2.05) is 18.5 Å². The molecule has 1 aliphatic carbocycles. The molecule has 1 aliphatic heterocycles. The molecule has 0 bridgehead atoms. The predicted molar refractivity (Wildman–Crippen MR) is 105 cm³/mol. The molecule has 2 aliphatic rings. The lowest BCUT2D eigenvalue weighted by Gasteiger charge is -2.34. The molecule has 0 radical (unpaired) electrons. The maximum absolute atomic E-state index is 10.6. The van der Waals surface area contributed by atoms with Crippen LogP contribution in [0.2, 0.25) is 0 Å². The summed E-state index contributed by atoms with van der Waals surface area (Å²) < 4.78 is 63.5. The number of halogens is 6. The van der Waals surface area contributed by atoms with Crippen LogP contribution in [0.5, 0.6) is 0 Å². The molecule has 0 aromatic carbocycles. The highest BCUT2D eigenvalue weighted by atomic mass is 19.4. The maximum Gasteiger partial charge on any atom is 0.490 e. The molecule has 2 fully saturated rings. The summed E-state index contributed by atoms with van der Waals surface area (Å²) in [6, 6.07) is 1.88. The van der Waals surface area contributed by atoms with Crippen molar-refractivity contribution in [3.05, 3.63) is 18.5 Å². The molecule has 1 saturated heterocycles. The van der Waals surface area contributed by atoms with Gasteiger partial charge in [0.1, 0.15) is 0 Å². The third kappa shape index (κ3) is 11.2. The molecule has 14 heteroatoms. The van der Waals surface area contributed by atoms with Crippen LogP contribution in [0, 0.1) is 11.8 Å². The number of hydrogen-bond acceptors (Lipinski definition) is 6. The predicted octanol–water partition coefficient (Wildman–Crippen LogP) is 3.30. The first kappa shape index (κ1) is 28.4. The number of piperazine rings is 1. The Bertz CT molecular complexity index is 716. The van der Waals surface area contributed by atoms with Crippen molar-refractivity contribution >= 4 is 17.9 Å². The Balaban J connectivity index is 0.000000324. The largest absolute Gasteiger partial charge is 0.490 e. The maximum atomic E-state index is 10.6. The lowest BCUT2D eigenvalue weighted by atomic mass is 10.2. The minimum Gasteiger partial charge on any atom is -0.475 e. The van der Waals surface area contributed by atoms with E-state index in [9.17, 15) is 26.3 Å². The molecule has 1 saturated carbocycles. The summed E-state index contributed by atoms with van der Waals surface area (Å²) in [5.74, 6) is -2.61. The zero-order valence-corrected chi connectivity index (χ0v) is 17.8. The number of aliphatic carboxylic acids is 2. The van der Waals surface area contributed by atoms with Gasteiger partial charge in [-0.05, 0) is 24.3 Å². The fraction of sp³-hybridized carbons (Fsp3) is 0.684. The third-order valence-corrected chi connectivity index (χ3v) is 4.91. The van der Waals surface area contributed by atoms with E-state index in [-0.39, 0.29) is 0 Å². The van der Waals surface area contributed by atoms with E-state index < -0.39 is 24.3 Å². The Morgan fingerprint density at radius 1 is 0.939 bits per heavy atom. The van der Waals surface area contributed by atoms with Crippen LogP contribution in [0.4, 0.5) is 32.3 Å². The first-order valence-corrected chi connectivity index (χ1v) is 10.1. The van der Waals surface area contributed by atoms with Crippen molar-refractivity contribution in [2.45, 2.75) is 38.5 Å². The molecule has 8 nitrogen and oxygen atoms in total. The number of aromatic nitrogens is 2. The molecular formula is C19H26F6N4O4. The molecule has 2 heterocycles. The summed E-state index contributed by atoms with van der Waals surface area (Å²) >= 11 is 0. The topological polar surface area (TPSA) is 107 Å². The highest BCUT2D eigenvalue weighted by Crippen LogP contribution is 2.42. The first-order chi connectivity index (χ1) is 15.3. The second kappa shape index (κ2) is 12.6. The van der Waals surface area contributed by atoms with Crippen molar-refractivity contribution in [3.8, 4) is 0 Å². The van der Waals surface area contributed by atoms with Gasteiger partial charge in [-0.1, -0.05) is 19.8 Å². The minimum absolute atomic E-state index is 0.887. The van der Waals surface area contributed by atoms with Crippen molar-refractivity contribution in [3.63, 3.8) is 0 Å². The molecule has 3 rings (SSSR count). The smallest absolute Gasteiger partial charge is 0.475 e. The van der Waals surface area contributed by atoms with E-state index in [4.69, 9.17) is 19.8 Å². The van der Waals surface area contributed by atoms with Gasteiger partial charge >= 0.3 is 24.3 Å². The SMILES string of the molecule is CCC[C@H]1C[C@H]1CN1CCN(c2ncccn2)CC1.O=C(O)C(F)(F)F.O=C(O)C(F)(F)F. The molecule has 33 heavy (non-hydrogen) atoms. The van der Waals surface area contributed by atoms with Crippen molar-refractivity contribution in [1.29, 1.82) is 0 Å². The Morgan fingerprint density at radius 2 is 1.39 bits per heavy atom. The second-order valence-electron chi connectivity index (χ2n) is 7.49. The quantitative estimate of drug-likeness (QED) is 0.609. The van der Waals surface area contributed by atoms with E-state index >= 15 is 0 Å². The Hall–Kier alpha value is -2.64. The number of carboxylic acids is 2. The Morgan fingerprint density at radius 3 is 1.79 bits per heavy atom. The number of rotatable bonds is 5. The standard InChI is InChI=1S/C15H24N4.2C2HF3O2/c1-2-4-13-11-14(13)12-18-7-9-19(10-8-18)15-16-5-3-6-17-15;2*3-2(4,5)1(6)7/h3,5-6,13-14H,2,4,7-12H2,1H3;2*(H,6,7)/t13-,14-;;/m0../s1. The average molecular weight is 488 g/mol. The van der Waals surface area contributed by atoms with Gasteiger partial charge in [-0.25, -0.2) is 19.6 Å². The molecule has 0 unspecified atom stereocenters. The van der Waals surface area contributed by atoms with Crippen molar-refractivity contribution < 1.29 is 46.1 Å². The van der Waals surface area contributed by atoms with E-state index in [0.717, 1.165) is 44.0 Å². The summed E-state index contributed by atoms with van der Waals surface area (Å²) in [5.41, 5.74) is 0. The highest BCUT2D eigenvalue weighted by molar-refractivity contribution is 5.73. The Labute approximate surface area is 186 Å². The van der Waals surface area contributed by atoms with Gasteiger partial charge in [-0.15, -0.1) is 0 Å². The van der Waals surface area contributed by atoms with E-state index in [2.05, 4.69) is 26.7 Å². The summed E-state index contributed by atoms with van der Waals surface area (Å²) in [6.07, 6.45) is -2.26. The normalized spacial score (nSPS) is 20.6. The molecule has 0 amide bonds. The number of anilines is 1. The third-order valence-electron chi connectivity index (χ3n) is 4.91. The lowest BCUT2D eigenvalue weighted by Crippen LogP contribution is -2.47. The molecule has 2 N–H and O–H groups in total. The number of nitrogens with zero attached hydrogens (tertiary/aromatic N) is 4. The highest BCUT2D eigenvalue weighted by Gasteiger charge is 2.39. The lowest BCUT2D eigenvalue weighted by molar-refractivity contribution is -0.193. The van der Waals surface area contributed by atoms with Gasteiger partial charge in [-0.2, -0.15) is 26.3 Å². The number of carboxylic acid groups (broad SMARTS) is 2. The summed E-state index contributed by atoms with van der Waals surface area (Å²) in [6.45, 7) is 8.06. The summed E-state index contributed by atoms with van der Waals surface area (Å²) in [4.78, 5) is 31.4. The van der Waals surface area contributed by atoms with Crippen LogP contribution >= 0.6 is 0 Å². The van der Waals surface area contributed by atoms with Gasteiger partial charge in [0.2, 0.25) is 5.95 Å². The van der Waals surface area contributed by atoms with Gasteiger partial charge in [0, 0.05) is 45.1 Å². The van der Waals surface area contributed by atoms with Crippen LogP contribution < -0.4 is 4.90 Å². The zero-order chi connectivity index (χ0) is 25.2. The van der Waals surface area contributed by atoms with E-state index in [1.165, 1.54) is 25.8 Å². The number of alkyl halides is 6. The monoisotopic (exact) mass is 488 g/mol. The van der Waals surface area contributed by atoms with Crippen LogP contribution in [-0.2, 0) is 9.59 Å². The van der Waals surface area contributed by atoms with Gasteiger partial charge < -0.3 is 15.1 Å². The molecule has 1 aromatic rings. The van der Waals surface area contributed by atoms with Crippen LogP contribution in [0.1, 0.15) is 26.2 Å². The van der Waals surface area contributed by atoms with Crippen LogP contribution in [0.3, 0.4) is 0 Å². The average Bonchev–Trinajstić information content (AvgIpc) is 3.46. The van der Waals surface area contributed by atoms with Gasteiger partial charge in [-0.3, -0.25) is 4.90 Å². The van der Waals surface area contributed by atoms with E-state index in [1.54, 1.807) is 0 Å². The minimum atomic E-state index is -5.08. The zero-order valence-electron chi connectivity index (χ0n) is 17.8. The molecule has 2 atom stereocenters. The van der Waals surface area contributed by atoms with E-state index in [0.29, 0.717) is 0 Å². The number of hydrogen-bond donors (Lipinski definition) is 2. The van der Waals surface area contributed by atoms with Crippen LogP contribution in [0.15, 0.2) is 18.5 Å². The number of carbonyl (C=O) groups is 2. The molecule has 188 valence electrons. The fourth-order valence-electron chi connectivity index (χ4n) is 3.17. The Kier molecular flexibility index (Phi) is 10.8.